The van der Waals surface area contributed by atoms with Gasteiger partial charge in [-0.15, -0.1) is 0 Å². The Hall–Kier alpha value is -4.41. The second kappa shape index (κ2) is 14.6. The van der Waals surface area contributed by atoms with E-state index in [1.165, 1.54) is 16.9 Å². The summed E-state index contributed by atoms with van der Waals surface area (Å²) in [6.07, 6.45) is 1.06. The van der Waals surface area contributed by atoms with Crippen molar-refractivity contribution in [3.8, 4) is 5.75 Å². The highest BCUT2D eigenvalue weighted by Crippen LogP contribution is 2.26. The SMILES string of the molecule is CCC(C(=O)N[C@@H](CC(=O)OC(C)(C)C)C(=O)COc1c(F)cccc1F)c1ccnn(Cc2ccccc2C(C)(C)C)c1=O. The molecule has 1 heterocycles. The number of carbonyl (C=O) groups excluding carboxylic acids is 3. The fraction of sp³-hybridized carbons (Fsp3) is 0.441. The first kappa shape index (κ1) is 35.1. The average molecular weight is 626 g/mol. The molecule has 0 aliphatic rings. The van der Waals surface area contributed by atoms with Gasteiger partial charge in [-0.2, -0.15) is 5.10 Å². The van der Waals surface area contributed by atoms with Crippen LogP contribution in [-0.2, 0) is 31.1 Å². The topological polar surface area (TPSA) is 117 Å². The van der Waals surface area contributed by atoms with Gasteiger partial charge in [0.25, 0.3) is 5.56 Å². The van der Waals surface area contributed by atoms with Gasteiger partial charge in [0.05, 0.1) is 18.9 Å². The zero-order valence-corrected chi connectivity index (χ0v) is 26.8. The lowest BCUT2D eigenvalue weighted by Gasteiger charge is -2.24. The molecule has 3 aromatic rings. The first-order chi connectivity index (χ1) is 21.0. The van der Waals surface area contributed by atoms with Crippen LogP contribution in [0.15, 0.2) is 59.5 Å². The number of carbonyl (C=O) groups is 3. The minimum atomic E-state index is -1.46. The molecule has 0 saturated heterocycles. The lowest BCUT2D eigenvalue weighted by atomic mass is 9.84. The summed E-state index contributed by atoms with van der Waals surface area (Å²) in [5.74, 6) is -6.08. The van der Waals surface area contributed by atoms with Gasteiger partial charge in [-0.25, -0.2) is 13.5 Å². The van der Waals surface area contributed by atoms with E-state index in [0.29, 0.717) is 0 Å². The summed E-state index contributed by atoms with van der Waals surface area (Å²) < 4.78 is 39.9. The molecule has 0 spiro atoms. The Balaban J connectivity index is 1.87. The fourth-order valence-electron chi connectivity index (χ4n) is 4.87. The Labute approximate surface area is 261 Å². The molecule has 3 rings (SSSR count). The molecule has 0 aliphatic carbocycles. The van der Waals surface area contributed by atoms with E-state index in [9.17, 15) is 28.0 Å². The summed E-state index contributed by atoms with van der Waals surface area (Å²) >= 11 is 0. The highest BCUT2D eigenvalue weighted by molar-refractivity contribution is 5.94. The zero-order chi connectivity index (χ0) is 33.5. The summed E-state index contributed by atoms with van der Waals surface area (Å²) in [5.41, 5.74) is 0.587. The number of esters is 1. The number of nitrogens with one attached hydrogen (secondary N) is 1. The zero-order valence-electron chi connectivity index (χ0n) is 26.8. The summed E-state index contributed by atoms with van der Waals surface area (Å²) in [6, 6.07) is 10.8. The van der Waals surface area contributed by atoms with Gasteiger partial charge >= 0.3 is 5.97 Å². The Morgan fingerprint density at radius 3 is 2.20 bits per heavy atom. The van der Waals surface area contributed by atoms with Crippen molar-refractivity contribution in [3.63, 3.8) is 0 Å². The number of rotatable bonds is 12. The number of halogens is 2. The standard InChI is InChI=1S/C34H41F2N3O6/c1-8-22(23-16-17-37-39(32(23)43)19-21-12-9-10-13-24(21)33(2,3)4)31(42)38-27(18-29(41)45-34(5,6)7)28(40)20-44-30-25(35)14-11-15-26(30)36/h9-17,22,27H,8,18-20H2,1-7H3,(H,38,42)/t22?,27-/m0/s1. The first-order valence-electron chi connectivity index (χ1n) is 14.8. The molecule has 9 nitrogen and oxygen atoms in total. The maximum Gasteiger partial charge on any atom is 0.308 e. The fourth-order valence-corrected chi connectivity index (χ4v) is 4.87. The summed E-state index contributed by atoms with van der Waals surface area (Å²) in [4.78, 5) is 53.1. The number of Topliss-reactive ketones (excluding diaryl/α,β-unsaturated/α-hetero) is 1. The molecule has 1 N–H and O–H groups in total. The quantitative estimate of drug-likeness (QED) is 0.274. The number of aromatic nitrogens is 2. The van der Waals surface area contributed by atoms with Gasteiger partial charge in [0.2, 0.25) is 5.91 Å². The van der Waals surface area contributed by atoms with Crippen LogP contribution >= 0.6 is 0 Å². The number of amides is 1. The molecule has 1 amide bonds. The van der Waals surface area contributed by atoms with E-state index in [1.54, 1.807) is 27.7 Å². The molecular weight excluding hydrogens is 584 g/mol. The number of hydrogen-bond donors (Lipinski definition) is 1. The van der Waals surface area contributed by atoms with Crippen LogP contribution in [-0.4, -0.2) is 45.7 Å². The molecule has 1 unspecified atom stereocenters. The number of ketones is 1. The van der Waals surface area contributed by atoms with Gasteiger partial charge in [-0.05, 0) is 61.9 Å². The Bertz CT molecular complexity index is 1570. The van der Waals surface area contributed by atoms with Gasteiger partial charge in [-0.1, -0.05) is 58.0 Å². The molecule has 242 valence electrons. The minimum absolute atomic E-state index is 0.159. The lowest BCUT2D eigenvalue weighted by molar-refractivity contribution is -0.156. The van der Waals surface area contributed by atoms with Crippen LogP contribution in [0.2, 0.25) is 0 Å². The number of benzene rings is 2. The van der Waals surface area contributed by atoms with Gasteiger partial charge in [-0.3, -0.25) is 19.2 Å². The molecule has 0 saturated carbocycles. The van der Waals surface area contributed by atoms with Crippen LogP contribution in [0.25, 0.3) is 0 Å². The second-order valence-electron chi connectivity index (χ2n) is 12.8. The van der Waals surface area contributed by atoms with Crippen molar-refractivity contribution in [1.29, 1.82) is 0 Å². The lowest BCUT2D eigenvalue weighted by Crippen LogP contribution is -2.47. The second-order valence-corrected chi connectivity index (χ2v) is 12.8. The van der Waals surface area contributed by atoms with Crippen LogP contribution in [0, 0.1) is 11.6 Å². The first-order valence-corrected chi connectivity index (χ1v) is 14.8. The maximum atomic E-state index is 14.1. The van der Waals surface area contributed by atoms with E-state index in [-0.39, 0.29) is 23.9 Å². The van der Waals surface area contributed by atoms with Crippen molar-refractivity contribution in [2.45, 2.75) is 90.8 Å². The van der Waals surface area contributed by atoms with Crippen LogP contribution in [0.3, 0.4) is 0 Å². The van der Waals surface area contributed by atoms with E-state index in [4.69, 9.17) is 9.47 Å². The Morgan fingerprint density at radius 1 is 0.956 bits per heavy atom. The summed E-state index contributed by atoms with van der Waals surface area (Å²) in [5, 5.41) is 6.79. The van der Waals surface area contributed by atoms with E-state index in [2.05, 4.69) is 31.2 Å². The smallest absolute Gasteiger partial charge is 0.308 e. The van der Waals surface area contributed by atoms with Crippen molar-refractivity contribution in [3.05, 3.63) is 93.4 Å². The summed E-state index contributed by atoms with van der Waals surface area (Å²) in [6.45, 7) is 12.2. The largest absolute Gasteiger partial charge is 0.480 e. The van der Waals surface area contributed by atoms with Crippen molar-refractivity contribution in [1.82, 2.24) is 15.1 Å². The number of para-hydroxylation sites is 1. The van der Waals surface area contributed by atoms with Crippen LogP contribution < -0.4 is 15.6 Å². The van der Waals surface area contributed by atoms with Crippen LogP contribution in [0.4, 0.5) is 8.78 Å². The van der Waals surface area contributed by atoms with Crippen molar-refractivity contribution in [2.75, 3.05) is 6.61 Å². The van der Waals surface area contributed by atoms with Gasteiger partial charge in [0.1, 0.15) is 18.2 Å². The third-order valence-electron chi connectivity index (χ3n) is 6.96. The Morgan fingerprint density at radius 2 is 1.60 bits per heavy atom. The number of ether oxygens (including phenoxy) is 2. The molecular formula is C34H41F2N3O6. The molecule has 0 aliphatic heterocycles. The van der Waals surface area contributed by atoms with E-state index in [0.717, 1.165) is 29.3 Å². The van der Waals surface area contributed by atoms with Crippen molar-refractivity contribution in [2.24, 2.45) is 0 Å². The number of hydrogen-bond acceptors (Lipinski definition) is 7. The van der Waals surface area contributed by atoms with Crippen LogP contribution in [0.5, 0.6) is 5.75 Å². The molecule has 2 aromatic carbocycles. The maximum absolute atomic E-state index is 14.1. The molecule has 0 radical (unpaired) electrons. The van der Waals surface area contributed by atoms with Gasteiger partial charge in [0, 0.05) is 11.8 Å². The third-order valence-corrected chi connectivity index (χ3v) is 6.96. The minimum Gasteiger partial charge on any atom is -0.480 e. The molecule has 11 heteroatoms. The van der Waals surface area contributed by atoms with Gasteiger partial charge in [0.15, 0.2) is 23.2 Å². The molecule has 1 aromatic heterocycles. The predicted molar refractivity (Wildman–Crippen MR) is 165 cm³/mol. The highest BCUT2D eigenvalue weighted by Gasteiger charge is 2.31. The van der Waals surface area contributed by atoms with E-state index < -0.39 is 71.2 Å². The number of nitrogens with zero attached hydrogens (tertiary/aromatic N) is 2. The molecule has 45 heavy (non-hydrogen) atoms. The third kappa shape index (κ3) is 9.54. The molecule has 2 atom stereocenters. The average Bonchev–Trinajstić information content (AvgIpc) is 2.93. The van der Waals surface area contributed by atoms with Crippen LogP contribution in [0.1, 0.15) is 83.9 Å². The molecule has 0 bridgehead atoms. The monoisotopic (exact) mass is 625 g/mol. The van der Waals surface area contributed by atoms with Gasteiger partial charge < -0.3 is 14.8 Å². The van der Waals surface area contributed by atoms with E-state index in [1.807, 2.05) is 24.3 Å². The normalized spacial score (nSPS) is 13.1. The highest BCUT2D eigenvalue weighted by atomic mass is 19.1. The summed E-state index contributed by atoms with van der Waals surface area (Å²) in [7, 11) is 0. The van der Waals surface area contributed by atoms with Crippen molar-refractivity contribution >= 4 is 17.7 Å². The Kier molecular flexibility index (Phi) is 11.4. The molecule has 0 fully saturated rings. The predicted octanol–water partition coefficient (Wildman–Crippen LogP) is 5.23. The van der Waals surface area contributed by atoms with Crippen molar-refractivity contribution < 1.29 is 32.6 Å². The van der Waals surface area contributed by atoms with E-state index >= 15 is 0 Å².